The molecule has 4 heteroatoms. The van der Waals surface area contributed by atoms with Gasteiger partial charge < -0.3 is 15.2 Å². The van der Waals surface area contributed by atoms with Gasteiger partial charge in [-0.25, -0.2) is 0 Å². The molecule has 0 rings (SSSR count). The second-order valence-electron chi connectivity index (χ2n) is 2.51. The fraction of sp³-hybridized carbons (Fsp3) is 0.857. The molecule has 0 saturated carbocycles. The zero-order valence-corrected chi connectivity index (χ0v) is 7.13. The number of esters is 1. The zero-order chi connectivity index (χ0) is 8.85. The Labute approximate surface area is 66.5 Å². The normalized spacial score (nSPS) is 13.2. The maximum Gasteiger partial charge on any atom is 0.325 e. The summed E-state index contributed by atoms with van der Waals surface area (Å²) in [5.41, 5.74) is 0. The highest BCUT2D eigenvalue weighted by atomic mass is 16.5. The molecule has 0 spiro atoms. The van der Waals surface area contributed by atoms with Gasteiger partial charge in [0.05, 0.1) is 12.7 Å². The quantitative estimate of drug-likeness (QED) is 0.547. The number of hydrogen-bond donors (Lipinski definition) is 2. The summed E-state index contributed by atoms with van der Waals surface area (Å²) >= 11 is 0. The summed E-state index contributed by atoms with van der Waals surface area (Å²) in [6, 6.07) is -0.600. The first-order valence-electron chi connectivity index (χ1n) is 3.60. The number of ether oxygens (including phenoxy) is 1. The van der Waals surface area contributed by atoms with Crippen LogP contribution in [0.15, 0.2) is 0 Å². The van der Waals surface area contributed by atoms with Crippen LogP contribution in [0.5, 0.6) is 0 Å². The summed E-state index contributed by atoms with van der Waals surface area (Å²) < 4.78 is 4.83. The number of carbonyl (C=O) groups excluding carboxylic acids is 1. The Morgan fingerprint density at radius 2 is 2.18 bits per heavy atom. The third-order valence-corrected chi connectivity index (χ3v) is 1.17. The highest BCUT2D eigenvalue weighted by Crippen LogP contribution is 1.93. The minimum absolute atomic E-state index is 0.134. The van der Waals surface area contributed by atoms with Gasteiger partial charge in [-0.1, -0.05) is 0 Å². The highest BCUT2D eigenvalue weighted by Gasteiger charge is 2.17. The maximum atomic E-state index is 11.0. The maximum absolute atomic E-state index is 11.0. The number of aliphatic hydroxyl groups excluding tert-OH is 1. The number of aliphatic hydroxyl groups is 1. The Balaban J connectivity index is 3.79. The van der Waals surface area contributed by atoms with Crippen molar-refractivity contribution in [2.75, 3.05) is 13.7 Å². The molecule has 0 aliphatic rings. The molecule has 0 saturated heterocycles. The molecule has 0 aromatic carbocycles. The van der Waals surface area contributed by atoms with E-state index < -0.39 is 12.0 Å². The minimum Gasteiger partial charge on any atom is -0.462 e. The average molecular weight is 161 g/mol. The van der Waals surface area contributed by atoms with Crippen LogP contribution < -0.4 is 5.32 Å². The Kier molecular flexibility index (Phi) is 4.81. The molecule has 1 atom stereocenters. The molecule has 0 aliphatic heterocycles. The van der Waals surface area contributed by atoms with Gasteiger partial charge in [-0.3, -0.25) is 4.79 Å². The van der Waals surface area contributed by atoms with Crippen molar-refractivity contribution in [2.45, 2.75) is 26.0 Å². The largest absolute Gasteiger partial charge is 0.462 e. The summed E-state index contributed by atoms with van der Waals surface area (Å²) in [6.07, 6.45) is -0.134. The highest BCUT2D eigenvalue weighted by molar-refractivity contribution is 5.75. The molecule has 11 heavy (non-hydrogen) atoms. The SMILES string of the molecule is CN[C@@H](CO)C(=O)OC(C)C. The van der Waals surface area contributed by atoms with E-state index in [4.69, 9.17) is 9.84 Å². The standard InChI is InChI=1S/C7H15NO3/c1-5(2)11-7(10)6(4-9)8-3/h5-6,8-9H,4H2,1-3H3/t6-/m0/s1. The van der Waals surface area contributed by atoms with Crippen molar-refractivity contribution in [3.8, 4) is 0 Å². The van der Waals surface area contributed by atoms with E-state index in [-0.39, 0.29) is 12.7 Å². The van der Waals surface area contributed by atoms with Gasteiger partial charge in [0.1, 0.15) is 6.04 Å². The van der Waals surface area contributed by atoms with Gasteiger partial charge in [-0.15, -0.1) is 0 Å². The molecule has 4 nitrogen and oxygen atoms in total. The molecule has 0 aliphatic carbocycles. The zero-order valence-electron chi connectivity index (χ0n) is 7.13. The van der Waals surface area contributed by atoms with Gasteiger partial charge in [0, 0.05) is 0 Å². The first kappa shape index (κ1) is 10.4. The van der Waals surface area contributed by atoms with Crippen LogP contribution in [0.1, 0.15) is 13.8 Å². The van der Waals surface area contributed by atoms with E-state index >= 15 is 0 Å². The van der Waals surface area contributed by atoms with Gasteiger partial charge in [0.25, 0.3) is 0 Å². The third kappa shape index (κ3) is 3.95. The van der Waals surface area contributed by atoms with Gasteiger partial charge in [0.15, 0.2) is 0 Å². The summed E-state index contributed by atoms with van der Waals surface area (Å²) in [4.78, 5) is 11.0. The van der Waals surface area contributed by atoms with Gasteiger partial charge in [-0.05, 0) is 20.9 Å². The fourth-order valence-corrected chi connectivity index (χ4v) is 0.598. The number of nitrogens with one attached hydrogen (secondary N) is 1. The van der Waals surface area contributed by atoms with E-state index in [0.717, 1.165) is 0 Å². The summed E-state index contributed by atoms with van der Waals surface area (Å²) in [5, 5.41) is 11.3. The minimum atomic E-state index is -0.600. The smallest absolute Gasteiger partial charge is 0.325 e. The van der Waals surface area contributed by atoms with Crippen molar-refractivity contribution in [1.82, 2.24) is 5.32 Å². The predicted octanol–water partition coefficient (Wildman–Crippen LogP) is -0.482. The second kappa shape index (κ2) is 5.09. The van der Waals surface area contributed by atoms with Crippen LogP contribution in [0, 0.1) is 0 Å². The summed E-state index contributed by atoms with van der Waals surface area (Å²) in [6.45, 7) is 3.30. The monoisotopic (exact) mass is 161 g/mol. The van der Waals surface area contributed by atoms with E-state index in [2.05, 4.69) is 5.32 Å². The van der Waals surface area contributed by atoms with Crippen LogP contribution >= 0.6 is 0 Å². The van der Waals surface area contributed by atoms with Crippen molar-refractivity contribution in [1.29, 1.82) is 0 Å². The van der Waals surface area contributed by atoms with Crippen molar-refractivity contribution >= 4 is 5.97 Å². The molecule has 0 amide bonds. The van der Waals surface area contributed by atoms with E-state index in [1.807, 2.05) is 0 Å². The molecule has 2 N–H and O–H groups in total. The van der Waals surface area contributed by atoms with E-state index in [1.54, 1.807) is 20.9 Å². The molecule has 0 fully saturated rings. The van der Waals surface area contributed by atoms with Crippen molar-refractivity contribution in [3.63, 3.8) is 0 Å². The molecular weight excluding hydrogens is 146 g/mol. The van der Waals surface area contributed by atoms with Crippen molar-refractivity contribution < 1.29 is 14.6 Å². The molecule has 0 aromatic heterocycles. The molecule has 0 unspecified atom stereocenters. The first-order valence-corrected chi connectivity index (χ1v) is 3.60. The number of carbonyl (C=O) groups is 1. The molecule has 0 aromatic rings. The summed E-state index contributed by atoms with van der Waals surface area (Å²) in [7, 11) is 1.60. The molecule has 0 bridgehead atoms. The Morgan fingerprint density at radius 1 is 1.64 bits per heavy atom. The van der Waals surface area contributed by atoms with Crippen LogP contribution in [-0.4, -0.2) is 36.9 Å². The Bertz CT molecular complexity index is 121. The van der Waals surface area contributed by atoms with Crippen LogP contribution in [0.3, 0.4) is 0 Å². The summed E-state index contributed by atoms with van der Waals surface area (Å²) in [5.74, 6) is -0.412. The van der Waals surface area contributed by atoms with Crippen LogP contribution in [-0.2, 0) is 9.53 Å². The lowest BCUT2D eigenvalue weighted by Gasteiger charge is -2.14. The van der Waals surface area contributed by atoms with Gasteiger partial charge in [-0.2, -0.15) is 0 Å². The third-order valence-electron chi connectivity index (χ3n) is 1.17. The Morgan fingerprint density at radius 3 is 2.45 bits per heavy atom. The van der Waals surface area contributed by atoms with Crippen LogP contribution in [0.4, 0.5) is 0 Å². The second-order valence-corrected chi connectivity index (χ2v) is 2.51. The van der Waals surface area contributed by atoms with Crippen LogP contribution in [0.25, 0.3) is 0 Å². The number of likely N-dealkylation sites (N-methyl/N-ethyl adjacent to an activating group) is 1. The van der Waals surface area contributed by atoms with Gasteiger partial charge >= 0.3 is 5.97 Å². The Hall–Kier alpha value is -0.610. The van der Waals surface area contributed by atoms with Crippen LogP contribution in [0.2, 0.25) is 0 Å². The van der Waals surface area contributed by atoms with E-state index in [0.29, 0.717) is 0 Å². The lowest BCUT2D eigenvalue weighted by molar-refractivity contribution is -0.150. The van der Waals surface area contributed by atoms with Crippen molar-refractivity contribution in [3.05, 3.63) is 0 Å². The van der Waals surface area contributed by atoms with E-state index in [1.165, 1.54) is 0 Å². The lowest BCUT2D eigenvalue weighted by Crippen LogP contribution is -2.39. The van der Waals surface area contributed by atoms with Crippen molar-refractivity contribution in [2.24, 2.45) is 0 Å². The lowest BCUT2D eigenvalue weighted by atomic mass is 10.3. The average Bonchev–Trinajstić information content (AvgIpc) is 1.88. The number of hydrogen-bond acceptors (Lipinski definition) is 4. The molecule has 0 heterocycles. The molecule has 0 radical (unpaired) electrons. The van der Waals surface area contributed by atoms with Gasteiger partial charge in [0.2, 0.25) is 0 Å². The molecular formula is C7H15NO3. The van der Waals surface area contributed by atoms with E-state index in [9.17, 15) is 4.79 Å². The first-order chi connectivity index (χ1) is 5.11. The predicted molar refractivity (Wildman–Crippen MR) is 41.2 cm³/mol. The topological polar surface area (TPSA) is 58.6 Å². The fourth-order valence-electron chi connectivity index (χ4n) is 0.598. The molecule has 66 valence electrons. The number of rotatable bonds is 4.